The van der Waals surface area contributed by atoms with E-state index in [0.717, 1.165) is 46.2 Å². The van der Waals surface area contributed by atoms with E-state index in [1.54, 1.807) is 0 Å². The minimum Gasteiger partial charge on any atom is -0.363 e. The Labute approximate surface area is 155 Å². The molecule has 128 valence electrons. The van der Waals surface area contributed by atoms with E-state index in [4.69, 9.17) is 11.6 Å². The number of halogens is 1. The maximum absolute atomic E-state index is 13.1. The Morgan fingerprint density at radius 1 is 1.32 bits per heavy atom. The molecule has 25 heavy (non-hydrogen) atoms. The Morgan fingerprint density at radius 2 is 2.12 bits per heavy atom. The van der Waals surface area contributed by atoms with Crippen molar-refractivity contribution in [2.75, 3.05) is 6.54 Å². The lowest BCUT2D eigenvalue weighted by atomic mass is 10.1. The average molecular weight is 372 g/mol. The van der Waals surface area contributed by atoms with Crippen molar-refractivity contribution in [3.05, 3.63) is 63.9 Å². The highest BCUT2D eigenvalue weighted by Gasteiger charge is 2.33. The van der Waals surface area contributed by atoms with Crippen molar-refractivity contribution < 1.29 is 4.79 Å². The summed E-state index contributed by atoms with van der Waals surface area (Å²) in [5.41, 5.74) is 2.88. The van der Waals surface area contributed by atoms with Gasteiger partial charge in [0.15, 0.2) is 0 Å². The van der Waals surface area contributed by atoms with Gasteiger partial charge in [-0.25, -0.2) is 4.98 Å². The molecule has 1 amide bonds. The minimum absolute atomic E-state index is 0.0762. The quantitative estimate of drug-likeness (QED) is 0.698. The molecular weight excluding hydrogens is 354 g/mol. The third kappa shape index (κ3) is 3.10. The molecule has 6 heteroatoms. The molecule has 1 fully saturated rings. The number of aromatic nitrogens is 2. The van der Waals surface area contributed by atoms with Gasteiger partial charge in [-0.15, -0.1) is 11.3 Å². The minimum atomic E-state index is 0.0762. The van der Waals surface area contributed by atoms with Crippen LogP contribution in [0.15, 0.2) is 42.6 Å². The summed E-state index contributed by atoms with van der Waals surface area (Å²) in [7, 11) is 0. The number of thiazole rings is 1. The molecule has 0 saturated carbocycles. The number of aromatic amines is 1. The number of nitrogens with one attached hydrogen (secondary N) is 1. The van der Waals surface area contributed by atoms with Crippen LogP contribution in [-0.4, -0.2) is 27.3 Å². The number of hydrogen-bond acceptors (Lipinski definition) is 3. The number of hydrogen-bond donors (Lipinski definition) is 1. The number of H-pyrrole nitrogens is 1. The summed E-state index contributed by atoms with van der Waals surface area (Å²) in [6.45, 7) is 2.69. The van der Waals surface area contributed by atoms with Gasteiger partial charge in [-0.2, -0.15) is 0 Å². The van der Waals surface area contributed by atoms with Gasteiger partial charge < -0.3 is 9.88 Å². The summed E-state index contributed by atoms with van der Waals surface area (Å²) < 4.78 is 0. The molecule has 1 aliphatic rings. The zero-order valence-electron chi connectivity index (χ0n) is 13.8. The van der Waals surface area contributed by atoms with Gasteiger partial charge in [0.25, 0.3) is 5.91 Å². The zero-order chi connectivity index (χ0) is 17.4. The molecule has 0 unspecified atom stereocenters. The van der Waals surface area contributed by atoms with Crippen molar-refractivity contribution in [3.8, 4) is 10.6 Å². The fourth-order valence-corrected chi connectivity index (χ4v) is 4.48. The third-order valence-electron chi connectivity index (χ3n) is 4.58. The maximum atomic E-state index is 13.1. The van der Waals surface area contributed by atoms with Crippen LogP contribution in [0.5, 0.6) is 0 Å². The number of carbonyl (C=O) groups excluding carboxylic acids is 1. The van der Waals surface area contributed by atoms with Gasteiger partial charge in [-0.05, 0) is 44.0 Å². The van der Waals surface area contributed by atoms with E-state index >= 15 is 0 Å². The lowest BCUT2D eigenvalue weighted by Crippen LogP contribution is -2.30. The van der Waals surface area contributed by atoms with Gasteiger partial charge >= 0.3 is 0 Å². The van der Waals surface area contributed by atoms with E-state index in [2.05, 4.69) is 16.0 Å². The molecule has 4 rings (SSSR count). The van der Waals surface area contributed by atoms with Crippen LogP contribution in [0.2, 0.25) is 5.02 Å². The van der Waals surface area contributed by atoms with Gasteiger partial charge in [0.1, 0.15) is 9.88 Å². The van der Waals surface area contributed by atoms with Gasteiger partial charge in [-0.3, -0.25) is 4.79 Å². The van der Waals surface area contributed by atoms with Crippen LogP contribution in [-0.2, 0) is 0 Å². The van der Waals surface area contributed by atoms with Crippen molar-refractivity contribution in [1.82, 2.24) is 14.9 Å². The van der Waals surface area contributed by atoms with E-state index in [-0.39, 0.29) is 11.9 Å². The fraction of sp³-hybridized carbons (Fsp3) is 0.263. The number of likely N-dealkylation sites (tertiary alicyclic amines) is 1. The molecule has 4 nitrogen and oxygen atoms in total. The summed E-state index contributed by atoms with van der Waals surface area (Å²) in [6.07, 6.45) is 3.93. The first-order valence-electron chi connectivity index (χ1n) is 8.31. The van der Waals surface area contributed by atoms with Gasteiger partial charge in [0.05, 0.1) is 11.7 Å². The highest BCUT2D eigenvalue weighted by molar-refractivity contribution is 7.17. The van der Waals surface area contributed by atoms with Crippen molar-refractivity contribution in [1.29, 1.82) is 0 Å². The first-order valence-corrected chi connectivity index (χ1v) is 9.50. The fourth-order valence-electron chi connectivity index (χ4n) is 3.33. The first-order chi connectivity index (χ1) is 12.1. The molecule has 2 aromatic heterocycles. The Bertz CT molecular complexity index is 886. The van der Waals surface area contributed by atoms with Crippen molar-refractivity contribution >= 4 is 28.8 Å². The average Bonchev–Trinajstić information content (AvgIpc) is 3.35. The second-order valence-corrected chi connectivity index (χ2v) is 7.66. The highest BCUT2D eigenvalue weighted by Crippen LogP contribution is 2.35. The van der Waals surface area contributed by atoms with E-state index in [0.29, 0.717) is 5.02 Å². The monoisotopic (exact) mass is 371 g/mol. The molecule has 3 aromatic rings. The number of carbonyl (C=O) groups is 1. The van der Waals surface area contributed by atoms with Crippen LogP contribution in [0.1, 0.15) is 39.9 Å². The van der Waals surface area contributed by atoms with Crippen LogP contribution in [0.3, 0.4) is 0 Å². The Kier molecular flexibility index (Phi) is 4.36. The highest BCUT2D eigenvalue weighted by atomic mass is 35.5. The number of rotatable bonds is 3. The van der Waals surface area contributed by atoms with Crippen LogP contribution >= 0.6 is 22.9 Å². The molecule has 0 bridgehead atoms. The SMILES string of the molecule is Cc1nc(-c2ccc(Cl)cc2)sc1C(=O)N1CCC[C@H]1c1ccc[nH]1. The van der Waals surface area contributed by atoms with E-state index in [9.17, 15) is 4.79 Å². The molecule has 3 heterocycles. The van der Waals surface area contributed by atoms with Crippen molar-refractivity contribution in [3.63, 3.8) is 0 Å². The van der Waals surface area contributed by atoms with Crippen LogP contribution in [0.25, 0.3) is 10.6 Å². The van der Waals surface area contributed by atoms with Crippen LogP contribution in [0, 0.1) is 6.92 Å². The van der Waals surface area contributed by atoms with Gasteiger partial charge in [0.2, 0.25) is 0 Å². The maximum Gasteiger partial charge on any atom is 0.266 e. The van der Waals surface area contributed by atoms with E-state index < -0.39 is 0 Å². The smallest absolute Gasteiger partial charge is 0.266 e. The molecule has 1 aromatic carbocycles. The molecule has 1 atom stereocenters. The number of nitrogens with zero attached hydrogens (tertiary/aromatic N) is 2. The van der Waals surface area contributed by atoms with Crippen LogP contribution < -0.4 is 0 Å². The Morgan fingerprint density at radius 3 is 2.84 bits per heavy atom. The lowest BCUT2D eigenvalue weighted by molar-refractivity contribution is 0.0737. The van der Waals surface area contributed by atoms with Crippen LogP contribution in [0.4, 0.5) is 0 Å². The molecule has 1 saturated heterocycles. The van der Waals surface area contributed by atoms with Gasteiger partial charge in [0, 0.05) is 29.0 Å². The van der Waals surface area contributed by atoms with Gasteiger partial charge in [-0.1, -0.05) is 23.7 Å². The summed E-state index contributed by atoms with van der Waals surface area (Å²) in [4.78, 5) is 23.7. The summed E-state index contributed by atoms with van der Waals surface area (Å²) >= 11 is 7.41. The topological polar surface area (TPSA) is 49.0 Å². The molecule has 1 N–H and O–H groups in total. The first kappa shape index (κ1) is 16.4. The van der Waals surface area contributed by atoms with E-state index in [1.165, 1.54) is 11.3 Å². The standard InChI is InChI=1S/C19H18ClN3OS/c1-12-17(25-18(22-12)13-6-8-14(20)9-7-13)19(24)23-11-3-5-16(23)15-4-2-10-21-15/h2,4,6-10,16,21H,3,5,11H2,1H3/t16-/m0/s1. The van der Waals surface area contributed by atoms with Crippen molar-refractivity contribution in [2.45, 2.75) is 25.8 Å². The third-order valence-corrected chi connectivity index (χ3v) is 6.02. The molecule has 1 aliphatic heterocycles. The second kappa shape index (κ2) is 6.65. The summed E-state index contributed by atoms with van der Waals surface area (Å²) in [5, 5.41) is 1.55. The summed E-state index contributed by atoms with van der Waals surface area (Å²) in [6, 6.07) is 11.7. The number of benzene rings is 1. The zero-order valence-corrected chi connectivity index (χ0v) is 15.4. The second-order valence-electron chi connectivity index (χ2n) is 6.22. The largest absolute Gasteiger partial charge is 0.363 e. The predicted molar refractivity (Wildman–Crippen MR) is 101 cm³/mol. The lowest BCUT2D eigenvalue weighted by Gasteiger charge is -2.23. The Hall–Kier alpha value is -2.11. The van der Waals surface area contributed by atoms with Crippen molar-refractivity contribution in [2.24, 2.45) is 0 Å². The Balaban J connectivity index is 1.63. The summed E-state index contributed by atoms with van der Waals surface area (Å²) in [5.74, 6) is 0.0762. The molecule has 0 radical (unpaired) electrons. The van der Waals surface area contributed by atoms with E-state index in [1.807, 2.05) is 48.4 Å². The molecule has 0 spiro atoms. The normalized spacial score (nSPS) is 17.2. The number of amides is 1. The molecular formula is C19H18ClN3OS. The number of aryl methyl sites for hydroxylation is 1. The predicted octanol–water partition coefficient (Wildman–Crippen LogP) is 5.08. The molecule has 0 aliphatic carbocycles.